The molecule has 1 aliphatic heterocycles. The van der Waals surface area contributed by atoms with Crippen molar-refractivity contribution < 1.29 is 28.2 Å². The zero-order valence-electron chi connectivity index (χ0n) is 17.8. The van der Waals surface area contributed by atoms with Crippen LogP contribution in [0.2, 0.25) is 10.0 Å². The van der Waals surface area contributed by atoms with Crippen molar-refractivity contribution in [3.05, 3.63) is 103 Å². The summed E-state index contributed by atoms with van der Waals surface area (Å²) >= 11 is 11.7. The molecule has 182 valence electrons. The van der Waals surface area contributed by atoms with Crippen LogP contribution in [0.15, 0.2) is 64.3 Å². The number of carbonyl (C=O) groups is 2. The number of esters is 2. The maximum atomic E-state index is 13.8. The predicted octanol–water partition coefficient (Wildman–Crippen LogP) is 3.35. The minimum Gasteiger partial charge on any atom is -0.459 e. The summed E-state index contributed by atoms with van der Waals surface area (Å²) in [5.41, 5.74) is -1.65. The van der Waals surface area contributed by atoms with Crippen LogP contribution >= 0.6 is 23.2 Å². The van der Waals surface area contributed by atoms with Crippen molar-refractivity contribution in [1.29, 1.82) is 0 Å². The van der Waals surface area contributed by atoms with E-state index >= 15 is 0 Å². The number of rotatable bonds is 6. The van der Waals surface area contributed by atoms with E-state index in [1.54, 1.807) is 0 Å². The topological polar surface area (TPSA) is 117 Å². The number of carbonyl (C=O) groups excluding carboxylic acids is 2. The Kier molecular flexibility index (Phi) is 7.34. The molecular formula is C23H17Cl2FN2O7. The molecule has 0 radical (unpaired) electrons. The second-order valence-electron chi connectivity index (χ2n) is 7.56. The fraction of sp³-hybridized carbons (Fsp3) is 0.217. The van der Waals surface area contributed by atoms with Crippen molar-refractivity contribution in [2.45, 2.75) is 24.9 Å². The van der Waals surface area contributed by atoms with Gasteiger partial charge in [0, 0.05) is 16.5 Å². The molecule has 35 heavy (non-hydrogen) atoms. The third kappa shape index (κ3) is 5.79. The van der Waals surface area contributed by atoms with Crippen LogP contribution in [0.25, 0.3) is 0 Å². The smallest absolute Gasteiger partial charge is 0.338 e. The summed E-state index contributed by atoms with van der Waals surface area (Å²) in [5.74, 6) is -2.57. The van der Waals surface area contributed by atoms with Gasteiger partial charge in [-0.25, -0.2) is 14.4 Å². The number of nitrogens with one attached hydrogen (secondary N) is 1. The molecule has 3 atom stereocenters. The maximum absolute atomic E-state index is 13.8. The first-order valence-electron chi connectivity index (χ1n) is 10.3. The molecule has 2 heterocycles. The molecule has 0 aliphatic carbocycles. The van der Waals surface area contributed by atoms with Gasteiger partial charge in [0.05, 0.1) is 17.3 Å². The summed E-state index contributed by atoms with van der Waals surface area (Å²) in [4.78, 5) is 50.4. The summed E-state index contributed by atoms with van der Waals surface area (Å²) in [7, 11) is 0. The van der Waals surface area contributed by atoms with Gasteiger partial charge in [-0.1, -0.05) is 23.2 Å². The molecule has 1 aromatic heterocycles. The first kappa shape index (κ1) is 24.6. The lowest BCUT2D eigenvalue weighted by atomic mass is 10.1. The van der Waals surface area contributed by atoms with E-state index in [1.165, 1.54) is 48.5 Å². The van der Waals surface area contributed by atoms with Crippen molar-refractivity contribution in [2.75, 3.05) is 6.61 Å². The van der Waals surface area contributed by atoms with Gasteiger partial charge in [0.15, 0.2) is 0 Å². The second kappa shape index (κ2) is 10.4. The Morgan fingerprint density at radius 3 is 2.17 bits per heavy atom. The monoisotopic (exact) mass is 522 g/mol. The molecule has 12 heteroatoms. The highest BCUT2D eigenvalue weighted by Crippen LogP contribution is 2.31. The van der Waals surface area contributed by atoms with E-state index in [4.69, 9.17) is 37.4 Å². The fourth-order valence-corrected chi connectivity index (χ4v) is 3.69. The number of aromatic amines is 1. The van der Waals surface area contributed by atoms with Crippen LogP contribution < -0.4 is 11.2 Å². The second-order valence-corrected chi connectivity index (χ2v) is 8.44. The van der Waals surface area contributed by atoms with Gasteiger partial charge in [-0.15, -0.1) is 0 Å². The van der Waals surface area contributed by atoms with Crippen LogP contribution in [-0.2, 0) is 14.2 Å². The van der Waals surface area contributed by atoms with Crippen LogP contribution in [0.3, 0.4) is 0 Å². The Bertz CT molecular complexity index is 1360. The minimum absolute atomic E-state index is 0.0755. The molecular weight excluding hydrogens is 506 g/mol. The molecule has 1 aliphatic rings. The standard InChI is InChI=1S/C23H17Cl2FN2O7/c24-14-5-1-12(2-6-14)21(30)33-11-18-17(35-22(31)13-3-7-15(25)8-4-13)9-19(34-18)28-10-16(26)20(29)27-23(28)32/h1-8,10,17-19H,9,11H2,(H,27,29,32). The van der Waals surface area contributed by atoms with Gasteiger partial charge < -0.3 is 14.2 Å². The van der Waals surface area contributed by atoms with E-state index in [2.05, 4.69) is 0 Å². The molecule has 3 unspecified atom stereocenters. The highest BCUT2D eigenvalue weighted by Gasteiger charge is 2.40. The van der Waals surface area contributed by atoms with Crippen LogP contribution in [0, 0.1) is 5.82 Å². The number of aromatic nitrogens is 2. The van der Waals surface area contributed by atoms with E-state index in [9.17, 15) is 23.6 Å². The average Bonchev–Trinajstić information content (AvgIpc) is 3.22. The van der Waals surface area contributed by atoms with E-state index in [0.29, 0.717) is 16.2 Å². The predicted molar refractivity (Wildman–Crippen MR) is 122 cm³/mol. The van der Waals surface area contributed by atoms with Crippen molar-refractivity contribution in [3.8, 4) is 0 Å². The van der Waals surface area contributed by atoms with Crippen LogP contribution in [-0.4, -0.2) is 40.3 Å². The molecule has 0 spiro atoms. The summed E-state index contributed by atoms with van der Waals surface area (Å²) < 4.78 is 31.3. The minimum atomic E-state index is -1.19. The SMILES string of the molecule is O=C(OCC1OC(n2cc(F)c(=O)[nH]c2=O)CC1OC(=O)c1ccc(Cl)cc1)c1ccc(Cl)cc1. The van der Waals surface area contributed by atoms with E-state index < -0.39 is 47.4 Å². The van der Waals surface area contributed by atoms with Gasteiger partial charge in [-0.05, 0) is 48.5 Å². The van der Waals surface area contributed by atoms with Crippen molar-refractivity contribution >= 4 is 35.1 Å². The number of ether oxygens (including phenoxy) is 3. The Balaban J connectivity index is 1.53. The summed E-state index contributed by atoms with van der Waals surface area (Å²) in [5, 5.41) is 0.869. The van der Waals surface area contributed by atoms with Gasteiger partial charge in [0.2, 0.25) is 5.82 Å². The number of halogens is 3. The van der Waals surface area contributed by atoms with Crippen molar-refractivity contribution in [2.24, 2.45) is 0 Å². The number of nitrogens with zero attached hydrogens (tertiary/aromatic N) is 1. The van der Waals surface area contributed by atoms with Crippen molar-refractivity contribution in [3.63, 3.8) is 0 Å². The third-order valence-electron chi connectivity index (χ3n) is 5.21. The van der Waals surface area contributed by atoms with E-state index in [1.807, 2.05) is 4.98 Å². The number of benzene rings is 2. The Morgan fingerprint density at radius 2 is 1.57 bits per heavy atom. The normalized spacial score (nSPS) is 19.3. The number of H-pyrrole nitrogens is 1. The summed E-state index contributed by atoms with van der Waals surface area (Å²) in [6.07, 6.45) is -2.44. The van der Waals surface area contributed by atoms with Gasteiger partial charge in [-0.2, -0.15) is 4.39 Å². The van der Waals surface area contributed by atoms with Crippen molar-refractivity contribution in [1.82, 2.24) is 9.55 Å². The maximum Gasteiger partial charge on any atom is 0.338 e. The van der Waals surface area contributed by atoms with Gasteiger partial charge >= 0.3 is 17.6 Å². The molecule has 1 fully saturated rings. The van der Waals surface area contributed by atoms with Gasteiger partial charge in [0.1, 0.15) is 25.0 Å². The molecule has 0 amide bonds. The third-order valence-corrected chi connectivity index (χ3v) is 5.72. The lowest BCUT2D eigenvalue weighted by Gasteiger charge is -2.19. The lowest BCUT2D eigenvalue weighted by molar-refractivity contribution is -0.0584. The number of hydrogen-bond acceptors (Lipinski definition) is 7. The molecule has 0 bridgehead atoms. The largest absolute Gasteiger partial charge is 0.459 e. The molecule has 3 aromatic rings. The van der Waals surface area contributed by atoms with Crippen LogP contribution in [0.4, 0.5) is 4.39 Å². The quantitative estimate of drug-likeness (QED) is 0.493. The van der Waals surface area contributed by atoms with Gasteiger partial charge in [0.25, 0.3) is 5.56 Å². The summed E-state index contributed by atoms with van der Waals surface area (Å²) in [6, 6.07) is 12.0. The zero-order valence-corrected chi connectivity index (χ0v) is 19.3. The van der Waals surface area contributed by atoms with Crippen LogP contribution in [0.5, 0.6) is 0 Å². The fourth-order valence-electron chi connectivity index (χ4n) is 3.44. The van der Waals surface area contributed by atoms with E-state index in [-0.39, 0.29) is 24.2 Å². The first-order valence-corrected chi connectivity index (χ1v) is 11.0. The first-order chi connectivity index (χ1) is 16.7. The molecule has 2 aromatic carbocycles. The Hall–Kier alpha value is -3.47. The molecule has 1 N–H and O–H groups in total. The van der Waals surface area contributed by atoms with Crippen LogP contribution in [0.1, 0.15) is 33.4 Å². The molecule has 9 nitrogen and oxygen atoms in total. The summed E-state index contributed by atoms with van der Waals surface area (Å²) in [6.45, 7) is -0.336. The number of hydrogen-bond donors (Lipinski definition) is 1. The highest BCUT2D eigenvalue weighted by atomic mass is 35.5. The highest BCUT2D eigenvalue weighted by molar-refractivity contribution is 6.31. The average molecular weight is 523 g/mol. The Morgan fingerprint density at radius 1 is 1.00 bits per heavy atom. The molecule has 1 saturated heterocycles. The van der Waals surface area contributed by atoms with E-state index in [0.717, 1.165) is 4.57 Å². The Labute approximate surface area is 207 Å². The lowest BCUT2D eigenvalue weighted by Crippen LogP contribution is -2.34. The zero-order chi connectivity index (χ0) is 25.1. The molecule has 4 rings (SSSR count). The van der Waals surface area contributed by atoms with Gasteiger partial charge in [-0.3, -0.25) is 14.3 Å². The molecule has 0 saturated carbocycles.